The molecule has 0 aliphatic rings. The molecule has 0 aliphatic heterocycles. The van der Waals surface area contributed by atoms with Crippen molar-refractivity contribution in [1.82, 2.24) is 19.6 Å². The Kier molecular flexibility index (Phi) is 5.62. The first-order valence-electron chi connectivity index (χ1n) is 8.42. The van der Waals surface area contributed by atoms with E-state index < -0.39 is 27.3 Å². The number of aryl methyl sites for hydroxylation is 1. The van der Waals surface area contributed by atoms with Crippen LogP contribution in [0.25, 0.3) is 5.78 Å². The predicted octanol–water partition coefficient (Wildman–Crippen LogP) is 2.46. The van der Waals surface area contributed by atoms with Gasteiger partial charge in [0.2, 0.25) is 5.88 Å². The summed E-state index contributed by atoms with van der Waals surface area (Å²) < 4.78 is 39.4. The maximum absolute atomic E-state index is 12.8. The number of nitrogens with zero attached hydrogens (tertiary/aromatic N) is 4. The van der Waals surface area contributed by atoms with Crippen molar-refractivity contribution in [3.8, 4) is 5.88 Å². The van der Waals surface area contributed by atoms with Crippen molar-refractivity contribution in [3.63, 3.8) is 0 Å². The van der Waals surface area contributed by atoms with Gasteiger partial charge in [-0.1, -0.05) is 17.7 Å². The average molecular weight is 440 g/mol. The number of anilines is 1. The number of rotatable bonds is 6. The third kappa shape index (κ3) is 4.25. The summed E-state index contributed by atoms with van der Waals surface area (Å²) in [7, 11) is -2.84. The highest BCUT2D eigenvalue weighted by Gasteiger charge is 2.26. The number of carbonyl (C=O) groups is 1. The topological polar surface area (TPSA) is 125 Å². The number of benzene rings is 1. The van der Waals surface area contributed by atoms with Crippen molar-refractivity contribution in [2.45, 2.75) is 32.0 Å². The lowest BCUT2D eigenvalue weighted by Gasteiger charge is -2.13. The van der Waals surface area contributed by atoms with Crippen LogP contribution in [-0.2, 0) is 14.8 Å². The third-order valence-electron chi connectivity index (χ3n) is 3.70. The molecule has 0 saturated carbocycles. The minimum absolute atomic E-state index is 0.0196. The molecular weight excluding hydrogens is 422 g/mol. The molecule has 154 valence electrons. The highest BCUT2D eigenvalue weighted by molar-refractivity contribution is 7.92. The number of methoxy groups -OCH3 is 1. The van der Waals surface area contributed by atoms with Crippen LogP contribution in [0.4, 0.5) is 5.69 Å². The lowest BCUT2D eigenvalue weighted by atomic mass is 10.2. The van der Waals surface area contributed by atoms with E-state index in [-0.39, 0.29) is 22.1 Å². The van der Waals surface area contributed by atoms with Crippen molar-refractivity contribution < 1.29 is 22.7 Å². The molecule has 0 saturated heterocycles. The molecule has 1 N–H and O–H groups in total. The monoisotopic (exact) mass is 439 g/mol. The van der Waals surface area contributed by atoms with E-state index in [1.165, 1.54) is 36.0 Å². The fourth-order valence-corrected chi connectivity index (χ4v) is 3.71. The summed E-state index contributed by atoms with van der Waals surface area (Å²) >= 11 is 6.13. The second kappa shape index (κ2) is 7.84. The van der Waals surface area contributed by atoms with Crippen LogP contribution in [0.3, 0.4) is 0 Å². The van der Waals surface area contributed by atoms with E-state index in [1.54, 1.807) is 20.8 Å². The zero-order valence-electron chi connectivity index (χ0n) is 16.0. The molecule has 0 amide bonds. The minimum Gasteiger partial charge on any atom is -0.481 e. The molecule has 29 heavy (non-hydrogen) atoms. The molecule has 12 heteroatoms. The Hall–Kier alpha value is -2.92. The summed E-state index contributed by atoms with van der Waals surface area (Å²) in [5.74, 6) is -0.386. The zero-order valence-corrected chi connectivity index (χ0v) is 17.6. The number of ether oxygens (including phenoxy) is 2. The number of carbonyl (C=O) groups excluding carboxylic acids is 1. The highest BCUT2D eigenvalue weighted by Crippen LogP contribution is 2.29. The number of halogens is 1. The summed E-state index contributed by atoms with van der Waals surface area (Å²) in [5.41, 5.74) is 0.487. The van der Waals surface area contributed by atoms with Crippen molar-refractivity contribution >= 4 is 39.1 Å². The molecule has 2 heterocycles. The zero-order chi connectivity index (χ0) is 21.3. The normalized spacial score (nSPS) is 11.7. The number of para-hydroxylation sites is 1. The van der Waals surface area contributed by atoms with Gasteiger partial charge in [0.05, 0.1) is 29.5 Å². The van der Waals surface area contributed by atoms with Gasteiger partial charge in [0, 0.05) is 11.8 Å². The van der Waals surface area contributed by atoms with Crippen LogP contribution in [0.2, 0.25) is 5.02 Å². The highest BCUT2D eigenvalue weighted by atomic mass is 35.5. The fraction of sp³-hybridized carbons (Fsp3) is 0.294. The second-order valence-electron chi connectivity index (χ2n) is 6.29. The second-order valence-corrected chi connectivity index (χ2v) is 8.28. The molecule has 2 aromatic heterocycles. The standard InChI is InChI=1S/C17H18ClN5O5S/c1-9(2)28-15(24)11-6-5-7-12(18)13(11)22-29(25,26)17-20-16-19-14(27-4)10(3)8-23(16)21-17/h5-9,22H,1-4H3. The summed E-state index contributed by atoms with van der Waals surface area (Å²) in [6.07, 6.45) is 1.14. The Morgan fingerprint density at radius 2 is 2.00 bits per heavy atom. The molecule has 0 unspecified atom stereocenters. The van der Waals surface area contributed by atoms with Crippen molar-refractivity contribution in [3.05, 3.63) is 40.5 Å². The van der Waals surface area contributed by atoms with Crippen molar-refractivity contribution in [1.29, 1.82) is 0 Å². The number of aromatic nitrogens is 4. The van der Waals surface area contributed by atoms with Crippen LogP contribution in [0.15, 0.2) is 29.6 Å². The number of hydrogen-bond acceptors (Lipinski definition) is 8. The first-order valence-corrected chi connectivity index (χ1v) is 10.3. The van der Waals surface area contributed by atoms with Crippen LogP contribution in [0.5, 0.6) is 5.88 Å². The van der Waals surface area contributed by atoms with E-state index in [4.69, 9.17) is 21.1 Å². The van der Waals surface area contributed by atoms with E-state index in [0.717, 1.165) is 0 Å². The maximum Gasteiger partial charge on any atom is 0.340 e. The van der Waals surface area contributed by atoms with Crippen LogP contribution in [0, 0.1) is 6.92 Å². The Morgan fingerprint density at radius 3 is 2.66 bits per heavy atom. The first-order chi connectivity index (χ1) is 13.6. The van der Waals surface area contributed by atoms with Crippen molar-refractivity contribution in [2.24, 2.45) is 0 Å². The van der Waals surface area contributed by atoms with Crippen LogP contribution >= 0.6 is 11.6 Å². The molecule has 0 aliphatic carbocycles. The smallest absolute Gasteiger partial charge is 0.340 e. The quantitative estimate of drug-likeness (QED) is 0.580. The molecule has 0 atom stereocenters. The van der Waals surface area contributed by atoms with Crippen LogP contribution in [-0.4, -0.2) is 47.2 Å². The Balaban J connectivity index is 2.02. The van der Waals surface area contributed by atoms with Gasteiger partial charge in [-0.25, -0.2) is 9.31 Å². The molecule has 3 aromatic rings. The molecule has 0 bridgehead atoms. The van der Waals surface area contributed by atoms with Gasteiger partial charge in [0.15, 0.2) is 0 Å². The SMILES string of the molecule is COc1nc2nc(S(=O)(=O)Nc3c(Cl)cccc3C(=O)OC(C)C)nn2cc1C. The summed E-state index contributed by atoms with van der Waals surface area (Å²) in [6, 6.07) is 4.36. The molecule has 0 spiro atoms. The van der Waals surface area contributed by atoms with Gasteiger partial charge >= 0.3 is 5.97 Å². The molecule has 0 radical (unpaired) electrons. The van der Waals surface area contributed by atoms with Gasteiger partial charge in [0.1, 0.15) is 0 Å². The Morgan fingerprint density at radius 1 is 1.28 bits per heavy atom. The Bertz CT molecular complexity index is 1190. The number of sulfonamides is 1. The van der Waals surface area contributed by atoms with Gasteiger partial charge < -0.3 is 9.47 Å². The number of esters is 1. The fourth-order valence-electron chi connectivity index (χ4n) is 2.45. The summed E-state index contributed by atoms with van der Waals surface area (Å²) in [6.45, 7) is 5.09. The van der Waals surface area contributed by atoms with Crippen LogP contribution in [0.1, 0.15) is 29.8 Å². The van der Waals surface area contributed by atoms with Gasteiger partial charge in [-0.15, -0.1) is 5.10 Å². The number of nitrogens with one attached hydrogen (secondary N) is 1. The van der Waals surface area contributed by atoms with E-state index in [1.807, 2.05) is 0 Å². The van der Waals surface area contributed by atoms with E-state index in [9.17, 15) is 13.2 Å². The third-order valence-corrected chi connectivity index (χ3v) is 5.14. The molecule has 3 rings (SSSR count). The van der Waals surface area contributed by atoms with Gasteiger partial charge in [0.25, 0.3) is 21.0 Å². The van der Waals surface area contributed by atoms with E-state index in [0.29, 0.717) is 11.4 Å². The number of hydrogen-bond donors (Lipinski definition) is 1. The summed E-state index contributed by atoms with van der Waals surface area (Å²) in [5, 5.41) is 3.43. The van der Waals surface area contributed by atoms with Gasteiger partial charge in [-0.05, 0) is 32.9 Å². The van der Waals surface area contributed by atoms with Gasteiger partial charge in [-0.3, -0.25) is 4.72 Å². The van der Waals surface area contributed by atoms with Crippen LogP contribution < -0.4 is 9.46 Å². The molecule has 10 nitrogen and oxygen atoms in total. The maximum atomic E-state index is 12.8. The lowest BCUT2D eigenvalue weighted by molar-refractivity contribution is 0.0379. The predicted molar refractivity (Wildman–Crippen MR) is 105 cm³/mol. The molecule has 1 aromatic carbocycles. The Labute approximate surface area is 171 Å². The summed E-state index contributed by atoms with van der Waals surface area (Å²) in [4.78, 5) is 20.4. The van der Waals surface area contributed by atoms with Gasteiger partial charge in [-0.2, -0.15) is 18.4 Å². The first kappa shape index (κ1) is 20.8. The number of fused-ring (bicyclic) bond motifs is 1. The minimum atomic E-state index is -4.28. The van der Waals surface area contributed by atoms with Crippen molar-refractivity contribution in [2.75, 3.05) is 11.8 Å². The van der Waals surface area contributed by atoms with E-state index >= 15 is 0 Å². The largest absolute Gasteiger partial charge is 0.481 e. The molecule has 0 fully saturated rings. The average Bonchev–Trinajstić information content (AvgIpc) is 3.05. The lowest BCUT2D eigenvalue weighted by Crippen LogP contribution is -2.19. The van der Waals surface area contributed by atoms with E-state index in [2.05, 4.69) is 19.8 Å². The molecular formula is C17H18ClN5O5S.